The fraction of sp³-hybridized carbons (Fsp3) is 0.421. The predicted octanol–water partition coefficient (Wildman–Crippen LogP) is 1.58. The lowest BCUT2D eigenvalue weighted by molar-refractivity contribution is -0.134. The molecule has 10 nitrogen and oxygen atoms in total. The molecule has 2 aromatic rings. The number of carbonyl (C=O) groups excluding carboxylic acids is 1. The lowest BCUT2D eigenvalue weighted by Crippen LogP contribution is -2.39. The summed E-state index contributed by atoms with van der Waals surface area (Å²) in [6.07, 6.45) is 5.57. The van der Waals surface area contributed by atoms with Crippen molar-refractivity contribution in [3.05, 3.63) is 35.9 Å². The zero-order chi connectivity index (χ0) is 21.7. The van der Waals surface area contributed by atoms with Crippen LogP contribution >= 0.6 is 0 Å². The number of H-pyrrole nitrogens is 1. The summed E-state index contributed by atoms with van der Waals surface area (Å²) in [5.74, 6) is 0.377. The first kappa shape index (κ1) is 21.8. The van der Waals surface area contributed by atoms with Gasteiger partial charge in [0.2, 0.25) is 10.0 Å². The molecule has 1 aromatic carbocycles. The minimum Gasteiger partial charge on any atom is -0.493 e. The van der Waals surface area contributed by atoms with Crippen molar-refractivity contribution in [2.45, 2.75) is 23.7 Å². The number of sulfonamides is 1. The van der Waals surface area contributed by atoms with E-state index in [2.05, 4.69) is 19.9 Å². The van der Waals surface area contributed by atoms with Gasteiger partial charge in [0.15, 0.2) is 11.5 Å². The van der Waals surface area contributed by atoms with Crippen molar-refractivity contribution < 1.29 is 27.4 Å². The van der Waals surface area contributed by atoms with E-state index in [9.17, 15) is 13.2 Å². The van der Waals surface area contributed by atoms with Crippen molar-refractivity contribution in [1.82, 2.24) is 19.5 Å². The first-order valence-electron chi connectivity index (χ1n) is 9.28. The molecule has 1 saturated heterocycles. The highest BCUT2D eigenvalue weighted by molar-refractivity contribution is 7.89. The van der Waals surface area contributed by atoms with Crippen molar-refractivity contribution in [3.63, 3.8) is 0 Å². The quantitative estimate of drug-likeness (QED) is 0.512. The highest BCUT2D eigenvalue weighted by Crippen LogP contribution is 2.39. The number of methoxy groups -OCH3 is 3. The van der Waals surface area contributed by atoms with Crippen LogP contribution in [0, 0.1) is 0 Å². The van der Waals surface area contributed by atoms with Crippen LogP contribution in [0.1, 0.15) is 30.1 Å². The third-order valence-corrected chi connectivity index (χ3v) is 6.77. The Morgan fingerprint density at radius 3 is 2.70 bits per heavy atom. The van der Waals surface area contributed by atoms with E-state index < -0.39 is 16.0 Å². The molecule has 1 N–H and O–H groups in total. The van der Waals surface area contributed by atoms with E-state index >= 15 is 0 Å². The molecular formula is C19H24N4O6S. The molecule has 0 spiro atoms. The van der Waals surface area contributed by atoms with Gasteiger partial charge in [0.1, 0.15) is 17.0 Å². The minimum absolute atomic E-state index is 0.0351. The Labute approximate surface area is 174 Å². The van der Waals surface area contributed by atoms with E-state index in [-0.39, 0.29) is 28.9 Å². The normalized spacial score (nSPS) is 17.8. The Hall–Kier alpha value is -2.92. The molecule has 30 heavy (non-hydrogen) atoms. The fourth-order valence-corrected chi connectivity index (χ4v) is 5.13. The molecule has 162 valence electrons. The van der Waals surface area contributed by atoms with E-state index in [1.807, 2.05) is 0 Å². The number of rotatable bonds is 7. The Kier molecular flexibility index (Phi) is 6.73. The maximum absolute atomic E-state index is 13.5. The second-order valence-corrected chi connectivity index (χ2v) is 8.59. The molecule has 0 bridgehead atoms. The fourth-order valence-electron chi connectivity index (χ4n) is 3.40. The Balaban J connectivity index is 2.00. The number of esters is 1. The number of nitrogens with one attached hydrogen (secondary N) is 1. The van der Waals surface area contributed by atoms with Crippen LogP contribution in [-0.4, -0.2) is 68.3 Å². The van der Waals surface area contributed by atoms with Gasteiger partial charge in [-0.2, -0.15) is 9.40 Å². The van der Waals surface area contributed by atoms with Crippen molar-refractivity contribution in [3.8, 4) is 11.5 Å². The molecule has 0 unspecified atom stereocenters. The summed E-state index contributed by atoms with van der Waals surface area (Å²) in [5, 5.41) is 6.68. The van der Waals surface area contributed by atoms with Gasteiger partial charge >= 0.3 is 5.97 Å². The summed E-state index contributed by atoms with van der Waals surface area (Å²) in [6.45, 7) is 0.645. The van der Waals surface area contributed by atoms with Gasteiger partial charge in [-0.25, -0.2) is 18.2 Å². The van der Waals surface area contributed by atoms with Crippen LogP contribution in [0.2, 0.25) is 0 Å². The number of benzene rings is 1. The lowest BCUT2D eigenvalue weighted by atomic mass is 9.99. The number of aromatic nitrogens is 3. The van der Waals surface area contributed by atoms with E-state index in [1.54, 1.807) is 6.07 Å². The Bertz CT molecular complexity index is 1020. The second-order valence-electron chi connectivity index (χ2n) is 6.68. The van der Waals surface area contributed by atoms with Crippen molar-refractivity contribution in [2.24, 2.45) is 0 Å². The topological polar surface area (TPSA) is 124 Å². The number of hydrogen-bond donors (Lipinski definition) is 1. The van der Waals surface area contributed by atoms with Crippen LogP contribution in [0.5, 0.6) is 11.5 Å². The molecule has 1 aliphatic rings. The van der Waals surface area contributed by atoms with Gasteiger partial charge in [-0.1, -0.05) is 0 Å². The van der Waals surface area contributed by atoms with Crippen LogP contribution in [0.25, 0.3) is 6.08 Å². The summed E-state index contributed by atoms with van der Waals surface area (Å²) < 4.78 is 43.8. The minimum atomic E-state index is -3.91. The number of piperidine rings is 1. The Morgan fingerprint density at radius 1 is 1.27 bits per heavy atom. The van der Waals surface area contributed by atoms with Crippen LogP contribution in [0.4, 0.5) is 0 Å². The molecule has 0 aliphatic carbocycles. The predicted molar refractivity (Wildman–Crippen MR) is 108 cm³/mol. The van der Waals surface area contributed by atoms with Gasteiger partial charge < -0.3 is 14.2 Å². The molecule has 11 heteroatoms. The van der Waals surface area contributed by atoms with Gasteiger partial charge in [0, 0.05) is 25.1 Å². The van der Waals surface area contributed by atoms with Gasteiger partial charge in [0.25, 0.3) is 0 Å². The third-order valence-electron chi connectivity index (χ3n) is 4.90. The van der Waals surface area contributed by atoms with Crippen molar-refractivity contribution in [2.75, 3.05) is 34.4 Å². The van der Waals surface area contributed by atoms with E-state index in [0.717, 1.165) is 6.42 Å². The average molecular weight is 436 g/mol. The average Bonchev–Trinajstić information content (AvgIpc) is 3.31. The van der Waals surface area contributed by atoms with E-state index in [0.29, 0.717) is 24.4 Å². The zero-order valence-corrected chi connectivity index (χ0v) is 17.8. The number of hydrogen-bond acceptors (Lipinski definition) is 8. The summed E-state index contributed by atoms with van der Waals surface area (Å²) in [4.78, 5) is 15.6. The third kappa shape index (κ3) is 4.46. The standard InChI is InChI=1S/C19H24N4O6S/c1-27-15-9-13(6-7-17(24)28-2)10-16(18(15)29-3)30(25,26)23-8-4-5-14(11-23)19-20-12-21-22-19/h6-7,9-10,12,14H,4-5,8,11H2,1-3H3,(H,20,21,22)/b7-6+/t14-/m0/s1. The van der Waals surface area contributed by atoms with Crippen LogP contribution in [0.3, 0.4) is 0 Å². The SMILES string of the molecule is COC(=O)/C=C/c1cc(OC)c(OC)c(S(=O)(=O)N2CCC[C@H](c3ncn[nH]3)C2)c1. The zero-order valence-electron chi connectivity index (χ0n) is 17.0. The summed E-state index contributed by atoms with van der Waals surface area (Å²) in [5.41, 5.74) is 0.459. The molecule has 0 amide bonds. The van der Waals surface area contributed by atoms with E-state index in [4.69, 9.17) is 9.47 Å². The van der Waals surface area contributed by atoms with Gasteiger partial charge in [-0.05, 0) is 36.6 Å². The number of nitrogens with zero attached hydrogens (tertiary/aromatic N) is 3. The highest BCUT2D eigenvalue weighted by atomic mass is 32.2. The molecule has 1 fully saturated rings. The summed E-state index contributed by atoms with van der Waals surface area (Å²) in [6, 6.07) is 3.04. The van der Waals surface area contributed by atoms with Crippen LogP contribution in [-0.2, 0) is 19.6 Å². The number of ether oxygens (including phenoxy) is 3. The van der Waals surface area contributed by atoms with Gasteiger partial charge in [-0.3, -0.25) is 5.10 Å². The molecule has 0 radical (unpaired) electrons. The second kappa shape index (κ2) is 9.26. The van der Waals surface area contributed by atoms with Crippen LogP contribution < -0.4 is 9.47 Å². The molecule has 2 heterocycles. The van der Waals surface area contributed by atoms with Crippen molar-refractivity contribution >= 4 is 22.1 Å². The molecule has 1 atom stereocenters. The molecule has 1 aromatic heterocycles. The van der Waals surface area contributed by atoms with E-state index in [1.165, 1.54) is 50.2 Å². The monoisotopic (exact) mass is 436 g/mol. The molecule has 3 rings (SSSR count). The molecule has 0 saturated carbocycles. The van der Waals surface area contributed by atoms with Crippen molar-refractivity contribution in [1.29, 1.82) is 0 Å². The molecular weight excluding hydrogens is 412 g/mol. The largest absolute Gasteiger partial charge is 0.493 e. The lowest BCUT2D eigenvalue weighted by Gasteiger charge is -2.31. The maximum Gasteiger partial charge on any atom is 0.330 e. The van der Waals surface area contributed by atoms with Crippen LogP contribution in [0.15, 0.2) is 29.4 Å². The van der Waals surface area contributed by atoms with Gasteiger partial charge in [-0.15, -0.1) is 0 Å². The first-order chi connectivity index (χ1) is 14.4. The highest BCUT2D eigenvalue weighted by Gasteiger charge is 2.35. The maximum atomic E-state index is 13.5. The summed E-state index contributed by atoms with van der Waals surface area (Å²) >= 11 is 0. The summed E-state index contributed by atoms with van der Waals surface area (Å²) in [7, 11) is 0.153. The molecule has 1 aliphatic heterocycles. The smallest absolute Gasteiger partial charge is 0.330 e. The number of aromatic amines is 1. The first-order valence-corrected chi connectivity index (χ1v) is 10.7. The Morgan fingerprint density at radius 2 is 2.07 bits per heavy atom. The van der Waals surface area contributed by atoms with Gasteiger partial charge in [0.05, 0.1) is 21.3 Å². The number of carbonyl (C=O) groups is 1.